The van der Waals surface area contributed by atoms with Gasteiger partial charge in [0.1, 0.15) is 0 Å². The molecule has 2 aliphatic heterocycles. The van der Waals surface area contributed by atoms with Crippen molar-refractivity contribution in [3.05, 3.63) is 57.8 Å². The van der Waals surface area contributed by atoms with Gasteiger partial charge in [0, 0.05) is 29.8 Å². The van der Waals surface area contributed by atoms with Crippen LogP contribution in [0.4, 0.5) is 0 Å². The molecule has 0 aliphatic carbocycles. The molecule has 164 valence electrons. The van der Waals surface area contributed by atoms with Gasteiger partial charge in [0.05, 0.1) is 12.6 Å². The highest BCUT2D eigenvalue weighted by molar-refractivity contribution is 7.10. The maximum absolute atomic E-state index is 12.8. The van der Waals surface area contributed by atoms with Gasteiger partial charge in [-0.15, -0.1) is 11.3 Å². The molecule has 31 heavy (non-hydrogen) atoms. The molecule has 6 nitrogen and oxygen atoms in total. The van der Waals surface area contributed by atoms with Gasteiger partial charge in [-0.05, 0) is 61.0 Å². The average molecular weight is 440 g/mol. The van der Waals surface area contributed by atoms with Crippen LogP contribution in [0, 0.1) is 5.92 Å². The third-order valence-corrected chi connectivity index (χ3v) is 7.27. The molecular formula is C24H29N3O3S. The summed E-state index contributed by atoms with van der Waals surface area (Å²) < 4.78 is 0. The molecule has 2 aromatic rings. The Morgan fingerprint density at radius 3 is 2.39 bits per heavy atom. The topological polar surface area (TPSA) is 69.7 Å². The van der Waals surface area contributed by atoms with Gasteiger partial charge in [-0.25, -0.2) is 0 Å². The van der Waals surface area contributed by atoms with E-state index in [2.05, 4.69) is 34.7 Å². The molecule has 1 unspecified atom stereocenters. The molecule has 1 N–H and O–H groups in total. The smallest absolute Gasteiger partial charge is 0.251 e. The molecule has 3 amide bonds. The molecule has 0 saturated carbocycles. The van der Waals surface area contributed by atoms with E-state index in [1.54, 1.807) is 23.5 Å². The van der Waals surface area contributed by atoms with Crippen molar-refractivity contribution in [1.82, 2.24) is 15.1 Å². The average Bonchev–Trinajstić information content (AvgIpc) is 3.41. The molecule has 2 aliphatic rings. The van der Waals surface area contributed by atoms with E-state index in [4.69, 9.17) is 0 Å². The number of amides is 3. The van der Waals surface area contributed by atoms with E-state index in [1.165, 1.54) is 22.6 Å². The Morgan fingerprint density at radius 1 is 1.10 bits per heavy atom. The van der Waals surface area contributed by atoms with E-state index >= 15 is 0 Å². The maximum atomic E-state index is 12.8. The lowest BCUT2D eigenvalue weighted by Crippen LogP contribution is -2.41. The highest BCUT2D eigenvalue weighted by Gasteiger charge is 2.29. The summed E-state index contributed by atoms with van der Waals surface area (Å²) in [6.45, 7) is 5.27. The van der Waals surface area contributed by atoms with E-state index in [-0.39, 0.29) is 30.3 Å². The fourth-order valence-electron chi connectivity index (χ4n) is 4.27. The van der Waals surface area contributed by atoms with Crippen LogP contribution in [-0.4, -0.2) is 47.2 Å². The van der Waals surface area contributed by atoms with Crippen LogP contribution in [0.1, 0.15) is 59.4 Å². The minimum absolute atomic E-state index is 0.105. The lowest BCUT2D eigenvalue weighted by Gasteiger charge is -2.36. The number of carbonyl (C=O) groups excluding carboxylic acids is 3. The van der Waals surface area contributed by atoms with Gasteiger partial charge in [0.25, 0.3) is 5.91 Å². The molecule has 3 heterocycles. The van der Waals surface area contributed by atoms with Gasteiger partial charge < -0.3 is 5.32 Å². The summed E-state index contributed by atoms with van der Waals surface area (Å²) in [4.78, 5) is 41.4. The number of nitrogens with zero attached hydrogens (tertiary/aromatic N) is 2. The van der Waals surface area contributed by atoms with Gasteiger partial charge in [-0.1, -0.05) is 25.1 Å². The Bertz CT molecular complexity index is 902. The Morgan fingerprint density at radius 2 is 1.77 bits per heavy atom. The summed E-state index contributed by atoms with van der Waals surface area (Å²) >= 11 is 1.74. The Hall–Kier alpha value is -2.51. The number of hydrogen-bond acceptors (Lipinski definition) is 5. The summed E-state index contributed by atoms with van der Waals surface area (Å²) in [7, 11) is 0. The minimum atomic E-state index is -0.126. The summed E-state index contributed by atoms with van der Waals surface area (Å²) in [6.07, 6.45) is 2.97. The van der Waals surface area contributed by atoms with E-state index in [0.717, 1.165) is 24.6 Å². The first-order chi connectivity index (χ1) is 15.0. The van der Waals surface area contributed by atoms with Crippen molar-refractivity contribution < 1.29 is 14.4 Å². The van der Waals surface area contributed by atoms with Crippen molar-refractivity contribution in [2.75, 3.05) is 19.6 Å². The van der Waals surface area contributed by atoms with Crippen molar-refractivity contribution in [1.29, 1.82) is 0 Å². The molecule has 1 atom stereocenters. The van der Waals surface area contributed by atoms with Crippen LogP contribution in [0.3, 0.4) is 0 Å². The minimum Gasteiger partial charge on any atom is -0.350 e. The van der Waals surface area contributed by atoms with Gasteiger partial charge in [-0.3, -0.25) is 24.2 Å². The standard InChI is InChI=1S/C24H29N3O3S/c1-17-10-12-26(13-11-17)20(21-3-2-14-31-21)15-25-24(30)19-6-4-18(5-7-19)16-27-22(28)8-9-23(27)29/h2-7,14,17,20H,8-13,15-16H2,1H3,(H,25,30). The number of likely N-dealkylation sites (tertiary alicyclic amines) is 2. The summed E-state index contributed by atoms with van der Waals surface area (Å²) in [5.41, 5.74) is 1.43. The second-order valence-corrected chi connectivity index (χ2v) is 9.51. The van der Waals surface area contributed by atoms with Gasteiger partial charge in [0.2, 0.25) is 11.8 Å². The third-order valence-electron chi connectivity index (χ3n) is 6.30. The molecule has 0 radical (unpaired) electrons. The SMILES string of the molecule is CC1CCN(C(CNC(=O)c2ccc(CN3C(=O)CCC3=O)cc2)c2cccs2)CC1. The zero-order valence-electron chi connectivity index (χ0n) is 17.9. The molecule has 4 rings (SSSR count). The van der Waals surface area contributed by atoms with E-state index in [9.17, 15) is 14.4 Å². The highest BCUT2D eigenvalue weighted by atomic mass is 32.1. The van der Waals surface area contributed by atoms with E-state index < -0.39 is 0 Å². The van der Waals surface area contributed by atoms with Crippen molar-refractivity contribution in [2.45, 2.75) is 45.2 Å². The summed E-state index contributed by atoms with van der Waals surface area (Å²) in [6, 6.07) is 11.6. The monoisotopic (exact) mass is 439 g/mol. The predicted molar refractivity (Wildman–Crippen MR) is 121 cm³/mol. The van der Waals surface area contributed by atoms with E-state index in [0.29, 0.717) is 24.9 Å². The Balaban J connectivity index is 1.36. The Kier molecular flexibility index (Phi) is 6.83. The van der Waals surface area contributed by atoms with Crippen molar-refractivity contribution in [2.24, 2.45) is 5.92 Å². The quantitative estimate of drug-likeness (QED) is 0.670. The number of rotatable bonds is 7. The van der Waals surface area contributed by atoms with Gasteiger partial charge in [-0.2, -0.15) is 0 Å². The van der Waals surface area contributed by atoms with Crippen molar-refractivity contribution in [3.8, 4) is 0 Å². The number of carbonyl (C=O) groups is 3. The normalized spacial score (nSPS) is 19.1. The van der Waals surface area contributed by atoms with Crippen LogP contribution < -0.4 is 5.32 Å². The highest BCUT2D eigenvalue weighted by Crippen LogP contribution is 2.29. The second-order valence-electron chi connectivity index (χ2n) is 8.53. The largest absolute Gasteiger partial charge is 0.350 e. The second kappa shape index (κ2) is 9.75. The molecule has 7 heteroatoms. The van der Waals surface area contributed by atoms with E-state index in [1.807, 2.05) is 12.1 Å². The molecule has 2 saturated heterocycles. The predicted octanol–water partition coefficient (Wildman–Crippen LogP) is 3.60. The van der Waals surface area contributed by atoms with Crippen LogP contribution in [0.15, 0.2) is 41.8 Å². The molecule has 0 spiro atoms. The van der Waals surface area contributed by atoms with Crippen molar-refractivity contribution >= 4 is 29.1 Å². The number of imide groups is 1. The third kappa shape index (κ3) is 5.22. The zero-order valence-corrected chi connectivity index (χ0v) is 18.7. The maximum Gasteiger partial charge on any atom is 0.251 e. The fraction of sp³-hybridized carbons (Fsp3) is 0.458. The first-order valence-electron chi connectivity index (χ1n) is 11.0. The first kappa shape index (κ1) is 21.7. The molecule has 0 bridgehead atoms. The zero-order chi connectivity index (χ0) is 21.8. The fourth-order valence-corrected chi connectivity index (χ4v) is 5.13. The van der Waals surface area contributed by atoms with Crippen LogP contribution in [0.25, 0.3) is 0 Å². The molecule has 2 fully saturated rings. The lowest BCUT2D eigenvalue weighted by molar-refractivity contribution is -0.139. The van der Waals surface area contributed by atoms with Gasteiger partial charge in [0.15, 0.2) is 0 Å². The van der Waals surface area contributed by atoms with Crippen LogP contribution in [0.2, 0.25) is 0 Å². The number of hydrogen-bond donors (Lipinski definition) is 1. The first-order valence-corrected chi connectivity index (χ1v) is 11.9. The number of nitrogens with one attached hydrogen (secondary N) is 1. The van der Waals surface area contributed by atoms with Crippen LogP contribution >= 0.6 is 11.3 Å². The van der Waals surface area contributed by atoms with Gasteiger partial charge >= 0.3 is 0 Å². The number of benzene rings is 1. The number of piperidine rings is 1. The molecule has 1 aromatic heterocycles. The summed E-state index contributed by atoms with van der Waals surface area (Å²) in [5.74, 6) is 0.406. The molecule has 1 aromatic carbocycles. The van der Waals surface area contributed by atoms with Crippen molar-refractivity contribution in [3.63, 3.8) is 0 Å². The number of thiophene rings is 1. The Labute approximate surface area is 187 Å². The summed E-state index contributed by atoms with van der Waals surface area (Å²) in [5, 5.41) is 5.20. The van der Waals surface area contributed by atoms with Crippen LogP contribution in [0.5, 0.6) is 0 Å². The lowest BCUT2D eigenvalue weighted by atomic mass is 9.97. The molecular weight excluding hydrogens is 410 g/mol. The van der Waals surface area contributed by atoms with Crippen LogP contribution in [-0.2, 0) is 16.1 Å².